The Morgan fingerprint density at radius 1 is 1.17 bits per heavy atom. The van der Waals surface area contributed by atoms with Crippen molar-refractivity contribution >= 4 is 39.8 Å². The lowest BCUT2D eigenvalue weighted by molar-refractivity contribution is 0.444. The van der Waals surface area contributed by atoms with Crippen molar-refractivity contribution in [1.82, 2.24) is 10.6 Å². The average molecular weight is 461 g/mol. The second-order valence-corrected chi connectivity index (χ2v) is 9.59. The lowest BCUT2D eigenvalue weighted by atomic mass is 9.99. The first-order chi connectivity index (χ1) is 10.2. The molecular weight excluding hydrogens is 425 g/mol. The van der Waals surface area contributed by atoms with Crippen molar-refractivity contribution in [3.8, 4) is 0 Å². The smallest absolute Gasteiger partial charge is 0.191 e. The van der Waals surface area contributed by atoms with Gasteiger partial charge in [0.25, 0.3) is 0 Å². The van der Waals surface area contributed by atoms with Crippen LogP contribution in [0.5, 0.6) is 0 Å². The predicted octanol–water partition coefficient (Wildman–Crippen LogP) is 3.20. The zero-order valence-electron chi connectivity index (χ0n) is 15.6. The van der Waals surface area contributed by atoms with Crippen LogP contribution in [0, 0.1) is 5.92 Å². The van der Waals surface area contributed by atoms with Gasteiger partial charge in [0.2, 0.25) is 0 Å². The van der Waals surface area contributed by atoms with Gasteiger partial charge in [0.15, 0.2) is 15.8 Å². The fourth-order valence-corrected chi connectivity index (χ4v) is 3.00. The van der Waals surface area contributed by atoms with E-state index in [1.807, 2.05) is 0 Å². The monoisotopic (exact) mass is 461 g/mol. The Kier molecular flexibility index (Phi) is 13.5. The zero-order chi connectivity index (χ0) is 17.2. The second kappa shape index (κ2) is 12.3. The molecule has 23 heavy (non-hydrogen) atoms. The Labute approximate surface area is 160 Å². The number of unbranched alkanes of at least 4 members (excludes halogenated alkanes) is 1. The molecule has 5 nitrogen and oxygen atoms in total. The summed E-state index contributed by atoms with van der Waals surface area (Å²) in [7, 11) is -1.39. The highest BCUT2D eigenvalue weighted by Gasteiger charge is 2.28. The van der Waals surface area contributed by atoms with Gasteiger partial charge in [-0.25, -0.2) is 8.42 Å². The molecule has 0 saturated heterocycles. The molecule has 0 aromatic rings. The fourth-order valence-electron chi connectivity index (χ4n) is 2.01. The zero-order valence-corrected chi connectivity index (χ0v) is 18.8. The SMILES string of the molecule is CCCCC(CC)CNC(=NC)NCCS(=O)(=O)C(C)(C)C.I. The van der Waals surface area contributed by atoms with E-state index in [9.17, 15) is 8.42 Å². The van der Waals surface area contributed by atoms with E-state index in [-0.39, 0.29) is 29.7 Å². The van der Waals surface area contributed by atoms with Gasteiger partial charge < -0.3 is 10.6 Å². The molecule has 7 heteroatoms. The predicted molar refractivity (Wildman–Crippen MR) is 112 cm³/mol. The maximum absolute atomic E-state index is 12.1. The molecule has 0 spiro atoms. The normalized spacial score (nSPS) is 14.1. The summed E-state index contributed by atoms with van der Waals surface area (Å²) in [6, 6.07) is 0. The molecule has 1 unspecified atom stereocenters. The Morgan fingerprint density at radius 3 is 2.22 bits per heavy atom. The number of nitrogens with zero attached hydrogens (tertiary/aromatic N) is 1. The van der Waals surface area contributed by atoms with Crippen LogP contribution in [0.4, 0.5) is 0 Å². The van der Waals surface area contributed by atoms with E-state index in [1.165, 1.54) is 19.3 Å². The standard InChI is InChI=1S/C16H35N3O2S.HI/c1-7-9-10-14(8-2)13-19-15(17-6)18-11-12-22(20,21)16(3,4)5;/h14H,7-13H2,1-6H3,(H2,17,18,19);1H. The highest BCUT2D eigenvalue weighted by molar-refractivity contribution is 14.0. The molecule has 0 fully saturated rings. The lowest BCUT2D eigenvalue weighted by Crippen LogP contribution is -2.43. The van der Waals surface area contributed by atoms with Gasteiger partial charge in [-0.3, -0.25) is 4.99 Å². The van der Waals surface area contributed by atoms with Gasteiger partial charge in [0.05, 0.1) is 10.5 Å². The van der Waals surface area contributed by atoms with Crippen LogP contribution in [0.25, 0.3) is 0 Å². The molecule has 0 amide bonds. The van der Waals surface area contributed by atoms with Crippen LogP contribution >= 0.6 is 24.0 Å². The topological polar surface area (TPSA) is 70.6 Å². The lowest BCUT2D eigenvalue weighted by Gasteiger charge is -2.21. The van der Waals surface area contributed by atoms with E-state index in [2.05, 4.69) is 29.5 Å². The van der Waals surface area contributed by atoms with Gasteiger partial charge in [-0.05, 0) is 33.1 Å². The minimum atomic E-state index is -3.09. The summed E-state index contributed by atoms with van der Waals surface area (Å²) in [5.41, 5.74) is 0. The molecule has 0 saturated carbocycles. The van der Waals surface area contributed by atoms with E-state index in [0.29, 0.717) is 18.4 Å². The van der Waals surface area contributed by atoms with Gasteiger partial charge in [-0.2, -0.15) is 0 Å². The molecule has 140 valence electrons. The van der Waals surface area contributed by atoms with E-state index in [0.717, 1.165) is 13.0 Å². The molecule has 0 aromatic heterocycles. The van der Waals surface area contributed by atoms with Crippen LogP contribution in [-0.2, 0) is 9.84 Å². The van der Waals surface area contributed by atoms with Gasteiger partial charge >= 0.3 is 0 Å². The van der Waals surface area contributed by atoms with Gasteiger partial charge in [-0.1, -0.05) is 33.1 Å². The molecule has 0 radical (unpaired) electrons. The first-order valence-electron chi connectivity index (χ1n) is 8.34. The molecule has 2 N–H and O–H groups in total. The molecule has 0 aliphatic carbocycles. The fraction of sp³-hybridized carbons (Fsp3) is 0.938. The number of nitrogens with one attached hydrogen (secondary N) is 2. The summed E-state index contributed by atoms with van der Waals surface area (Å²) in [6.45, 7) is 10.9. The summed E-state index contributed by atoms with van der Waals surface area (Å²) in [4.78, 5) is 4.16. The van der Waals surface area contributed by atoms with Crippen LogP contribution in [-0.4, -0.2) is 45.0 Å². The first kappa shape index (κ1) is 25.2. The van der Waals surface area contributed by atoms with Crippen molar-refractivity contribution in [3.05, 3.63) is 0 Å². The number of guanidine groups is 1. The number of rotatable bonds is 9. The third-order valence-corrected chi connectivity index (χ3v) is 6.53. The van der Waals surface area contributed by atoms with Crippen molar-refractivity contribution in [2.24, 2.45) is 10.9 Å². The number of hydrogen-bond acceptors (Lipinski definition) is 3. The summed E-state index contributed by atoms with van der Waals surface area (Å²) in [6.07, 6.45) is 4.82. The van der Waals surface area contributed by atoms with E-state index in [1.54, 1.807) is 27.8 Å². The van der Waals surface area contributed by atoms with E-state index in [4.69, 9.17) is 0 Å². The summed E-state index contributed by atoms with van der Waals surface area (Å²) >= 11 is 0. The minimum Gasteiger partial charge on any atom is -0.356 e. The van der Waals surface area contributed by atoms with Gasteiger partial charge in [-0.15, -0.1) is 24.0 Å². The third kappa shape index (κ3) is 10.4. The van der Waals surface area contributed by atoms with Crippen molar-refractivity contribution in [1.29, 1.82) is 0 Å². The van der Waals surface area contributed by atoms with Crippen LogP contribution in [0.15, 0.2) is 4.99 Å². The number of halogens is 1. The van der Waals surface area contributed by atoms with Gasteiger partial charge in [0.1, 0.15) is 0 Å². The Morgan fingerprint density at radius 2 is 1.78 bits per heavy atom. The molecule has 0 aliphatic heterocycles. The van der Waals surface area contributed by atoms with Crippen LogP contribution in [0.3, 0.4) is 0 Å². The number of hydrogen-bond donors (Lipinski definition) is 2. The molecule has 0 aromatic carbocycles. The Bertz CT molecular complexity index is 431. The maximum atomic E-state index is 12.1. The molecule has 0 rings (SSSR count). The highest BCUT2D eigenvalue weighted by Crippen LogP contribution is 2.15. The highest BCUT2D eigenvalue weighted by atomic mass is 127. The summed E-state index contributed by atoms with van der Waals surface area (Å²) in [5.74, 6) is 1.43. The Hall–Kier alpha value is -0.0500. The third-order valence-electron chi connectivity index (χ3n) is 3.92. The van der Waals surface area contributed by atoms with Crippen LogP contribution < -0.4 is 10.6 Å². The van der Waals surface area contributed by atoms with Gasteiger partial charge in [0, 0.05) is 20.1 Å². The van der Waals surface area contributed by atoms with Crippen molar-refractivity contribution in [3.63, 3.8) is 0 Å². The van der Waals surface area contributed by atoms with Crippen molar-refractivity contribution in [2.45, 2.75) is 65.0 Å². The molecule has 1 atom stereocenters. The van der Waals surface area contributed by atoms with E-state index < -0.39 is 14.6 Å². The van der Waals surface area contributed by atoms with Crippen molar-refractivity contribution in [2.75, 3.05) is 25.9 Å². The largest absolute Gasteiger partial charge is 0.356 e. The first-order valence-corrected chi connectivity index (χ1v) is 10.00. The quantitative estimate of drug-likeness (QED) is 0.314. The van der Waals surface area contributed by atoms with E-state index >= 15 is 0 Å². The second-order valence-electron chi connectivity index (χ2n) is 6.73. The summed E-state index contributed by atoms with van der Waals surface area (Å²) in [5, 5.41) is 6.39. The summed E-state index contributed by atoms with van der Waals surface area (Å²) < 4.78 is 23.4. The van der Waals surface area contributed by atoms with Crippen LogP contribution in [0.1, 0.15) is 60.3 Å². The maximum Gasteiger partial charge on any atom is 0.191 e. The molecule has 0 heterocycles. The minimum absolute atomic E-state index is 0. The molecule has 0 bridgehead atoms. The average Bonchev–Trinajstić information content (AvgIpc) is 2.44. The molecule has 0 aliphatic rings. The Balaban J connectivity index is 0. The molecular formula is C16H36IN3O2S. The number of aliphatic imine (C=N–C) groups is 1. The van der Waals surface area contributed by atoms with Crippen LogP contribution in [0.2, 0.25) is 0 Å². The number of sulfone groups is 1. The van der Waals surface area contributed by atoms with Crippen molar-refractivity contribution < 1.29 is 8.42 Å².